The van der Waals surface area contributed by atoms with Crippen molar-refractivity contribution in [1.29, 1.82) is 0 Å². The molecular weight excluding hydrogens is 253 g/mol. The SMILES string of the molecule is CC(C)C(C)NC(=O)C1(c2ccc(F)cc2)CCCC1. The molecule has 1 aliphatic rings. The number of amides is 1. The first-order valence-electron chi connectivity index (χ1n) is 7.53. The molecule has 0 saturated heterocycles. The molecule has 3 heteroatoms. The molecule has 0 aliphatic heterocycles. The summed E-state index contributed by atoms with van der Waals surface area (Å²) < 4.78 is 13.1. The summed E-state index contributed by atoms with van der Waals surface area (Å²) in [6, 6.07) is 6.59. The van der Waals surface area contributed by atoms with E-state index >= 15 is 0 Å². The molecule has 1 N–H and O–H groups in total. The van der Waals surface area contributed by atoms with Gasteiger partial charge in [-0.3, -0.25) is 4.79 Å². The Labute approximate surface area is 120 Å². The summed E-state index contributed by atoms with van der Waals surface area (Å²) in [5.41, 5.74) is 0.487. The van der Waals surface area contributed by atoms with Crippen molar-refractivity contribution < 1.29 is 9.18 Å². The number of carbonyl (C=O) groups excluding carboxylic acids is 1. The quantitative estimate of drug-likeness (QED) is 0.891. The second-order valence-corrected chi connectivity index (χ2v) is 6.30. The summed E-state index contributed by atoms with van der Waals surface area (Å²) in [6.07, 6.45) is 3.83. The third kappa shape index (κ3) is 2.87. The molecule has 0 spiro atoms. The minimum Gasteiger partial charge on any atom is -0.353 e. The Kier molecular flexibility index (Phi) is 4.46. The number of nitrogens with one attached hydrogen (secondary N) is 1. The topological polar surface area (TPSA) is 29.1 Å². The Morgan fingerprint density at radius 2 is 1.70 bits per heavy atom. The first kappa shape index (κ1) is 15.0. The van der Waals surface area contributed by atoms with Gasteiger partial charge in [-0.15, -0.1) is 0 Å². The van der Waals surface area contributed by atoms with Crippen molar-refractivity contribution in [1.82, 2.24) is 5.32 Å². The van der Waals surface area contributed by atoms with E-state index in [1.54, 1.807) is 12.1 Å². The third-order valence-electron chi connectivity index (χ3n) is 4.65. The Morgan fingerprint density at radius 1 is 1.15 bits per heavy atom. The first-order valence-corrected chi connectivity index (χ1v) is 7.53. The van der Waals surface area contributed by atoms with Gasteiger partial charge in [0.2, 0.25) is 5.91 Å². The molecule has 1 aromatic rings. The van der Waals surface area contributed by atoms with E-state index in [4.69, 9.17) is 0 Å². The second-order valence-electron chi connectivity index (χ2n) is 6.30. The van der Waals surface area contributed by atoms with Crippen LogP contribution in [0.5, 0.6) is 0 Å². The summed E-state index contributed by atoms with van der Waals surface area (Å²) in [6.45, 7) is 6.24. The summed E-state index contributed by atoms with van der Waals surface area (Å²) >= 11 is 0. The van der Waals surface area contributed by atoms with Crippen LogP contribution in [0, 0.1) is 11.7 Å². The average Bonchev–Trinajstić information content (AvgIpc) is 2.90. The highest BCUT2D eigenvalue weighted by Gasteiger charge is 2.43. The maximum Gasteiger partial charge on any atom is 0.230 e. The van der Waals surface area contributed by atoms with Crippen molar-refractivity contribution in [3.8, 4) is 0 Å². The average molecular weight is 277 g/mol. The van der Waals surface area contributed by atoms with E-state index in [2.05, 4.69) is 19.2 Å². The molecule has 0 radical (unpaired) electrons. The Bertz CT molecular complexity index is 460. The lowest BCUT2D eigenvalue weighted by Gasteiger charge is -2.31. The summed E-state index contributed by atoms with van der Waals surface area (Å²) in [5.74, 6) is 0.256. The second kappa shape index (κ2) is 5.94. The van der Waals surface area contributed by atoms with Crippen LogP contribution in [0.3, 0.4) is 0 Å². The van der Waals surface area contributed by atoms with Gasteiger partial charge in [-0.05, 0) is 43.4 Å². The highest BCUT2D eigenvalue weighted by molar-refractivity contribution is 5.88. The van der Waals surface area contributed by atoms with Gasteiger partial charge in [0.1, 0.15) is 5.82 Å². The summed E-state index contributed by atoms with van der Waals surface area (Å²) in [7, 11) is 0. The molecule has 1 unspecified atom stereocenters. The molecule has 1 amide bonds. The van der Waals surface area contributed by atoms with Crippen molar-refractivity contribution >= 4 is 5.91 Å². The molecule has 2 nitrogen and oxygen atoms in total. The zero-order chi connectivity index (χ0) is 14.8. The van der Waals surface area contributed by atoms with Crippen molar-refractivity contribution in [3.05, 3.63) is 35.6 Å². The Hall–Kier alpha value is -1.38. The molecule has 1 fully saturated rings. The van der Waals surface area contributed by atoms with Gasteiger partial charge in [-0.25, -0.2) is 4.39 Å². The van der Waals surface area contributed by atoms with Gasteiger partial charge < -0.3 is 5.32 Å². The smallest absolute Gasteiger partial charge is 0.230 e. The van der Waals surface area contributed by atoms with E-state index in [9.17, 15) is 9.18 Å². The van der Waals surface area contributed by atoms with Crippen LogP contribution in [0.4, 0.5) is 4.39 Å². The van der Waals surface area contributed by atoms with E-state index in [1.807, 2.05) is 6.92 Å². The van der Waals surface area contributed by atoms with Gasteiger partial charge in [0.05, 0.1) is 5.41 Å². The van der Waals surface area contributed by atoms with Crippen LogP contribution >= 0.6 is 0 Å². The van der Waals surface area contributed by atoms with E-state index < -0.39 is 5.41 Å². The van der Waals surface area contributed by atoms with Crippen molar-refractivity contribution in [3.63, 3.8) is 0 Å². The first-order chi connectivity index (χ1) is 9.45. The minimum absolute atomic E-state index is 0.0998. The van der Waals surface area contributed by atoms with E-state index in [0.717, 1.165) is 31.2 Å². The zero-order valence-corrected chi connectivity index (χ0v) is 12.6. The molecule has 1 atom stereocenters. The largest absolute Gasteiger partial charge is 0.353 e. The van der Waals surface area contributed by atoms with Crippen LogP contribution in [0.15, 0.2) is 24.3 Å². The predicted molar refractivity (Wildman–Crippen MR) is 79.0 cm³/mol. The molecule has 0 heterocycles. The Balaban J connectivity index is 2.25. The lowest BCUT2D eigenvalue weighted by Crippen LogP contribution is -2.47. The normalized spacial score (nSPS) is 19.1. The molecule has 0 aromatic heterocycles. The summed E-state index contributed by atoms with van der Waals surface area (Å²) in [4.78, 5) is 12.8. The molecule has 110 valence electrons. The lowest BCUT2D eigenvalue weighted by atomic mass is 9.77. The fourth-order valence-electron chi connectivity index (χ4n) is 2.91. The van der Waals surface area contributed by atoms with Gasteiger partial charge in [-0.2, -0.15) is 0 Å². The fraction of sp³-hybridized carbons (Fsp3) is 0.588. The maximum atomic E-state index is 13.1. The number of halogens is 1. The van der Waals surface area contributed by atoms with Crippen molar-refractivity contribution in [2.75, 3.05) is 0 Å². The van der Waals surface area contributed by atoms with Crippen LogP contribution in [-0.2, 0) is 10.2 Å². The monoisotopic (exact) mass is 277 g/mol. The molecule has 20 heavy (non-hydrogen) atoms. The molecule has 0 bridgehead atoms. The van der Waals surface area contributed by atoms with Crippen molar-refractivity contribution in [2.45, 2.75) is 57.9 Å². The highest BCUT2D eigenvalue weighted by atomic mass is 19.1. The summed E-state index contributed by atoms with van der Waals surface area (Å²) in [5, 5.41) is 3.14. The minimum atomic E-state index is -0.461. The number of hydrogen-bond acceptors (Lipinski definition) is 1. The van der Waals surface area contributed by atoms with E-state index in [1.165, 1.54) is 12.1 Å². The molecule has 1 aliphatic carbocycles. The van der Waals surface area contributed by atoms with Gasteiger partial charge in [0.15, 0.2) is 0 Å². The van der Waals surface area contributed by atoms with E-state index in [0.29, 0.717) is 5.92 Å². The third-order valence-corrected chi connectivity index (χ3v) is 4.65. The Morgan fingerprint density at radius 3 is 2.20 bits per heavy atom. The standard InChI is InChI=1S/C17H24FNO/c1-12(2)13(3)19-16(20)17(10-4-5-11-17)14-6-8-15(18)9-7-14/h6-9,12-13H,4-5,10-11H2,1-3H3,(H,19,20). The highest BCUT2D eigenvalue weighted by Crippen LogP contribution is 2.41. The van der Waals surface area contributed by atoms with Crippen LogP contribution in [0.2, 0.25) is 0 Å². The van der Waals surface area contributed by atoms with Gasteiger partial charge >= 0.3 is 0 Å². The maximum absolute atomic E-state index is 13.1. The van der Waals surface area contributed by atoms with Gasteiger partial charge in [0.25, 0.3) is 0 Å². The lowest BCUT2D eigenvalue weighted by molar-refractivity contribution is -0.127. The van der Waals surface area contributed by atoms with Crippen molar-refractivity contribution in [2.24, 2.45) is 5.92 Å². The number of rotatable bonds is 4. The zero-order valence-electron chi connectivity index (χ0n) is 12.6. The molecule has 1 aromatic carbocycles. The van der Waals surface area contributed by atoms with E-state index in [-0.39, 0.29) is 17.8 Å². The number of hydrogen-bond donors (Lipinski definition) is 1. The van der Waals surface area contributed by atoms with Crippen LogP contribution in [-0.4, -0.2) is 11.9 Å². The van der Waals surface area contributed by atoms with Gasteiger partial charge in [-0.1, -0.05) is 38.8 Å². The molecule has 1 saturated carbocycles. The number of benzene rings is 1. The number of carbonyl (C=O) groups is 1. The fourth-order valence-corrected chi connectivity index (χ4v) is 2.91. The predicted octanol–water partition coefficient (Wildman–Crippen LogP) is 3.80. The van der Waals surface area contributed by atoms with Crippen LogP contribution in [0.25, 0.3) is 0 Å². The molecular formula is C17H24FNO. The van der Waals surface area contributed by atoms with Crippen LogP contribution < -0.4 is 5.32 Å². The molecule has 2 rings (SSSR count). The van der Waals surface area contributed by atoms with Gasteiger partial charge in [0, 0.05) is 6.04 Å². The van der Waals surface area contributed by atoms with Crippen LogP contribution in [0.1, 0.15) is 52.0 Å².